The summed E-state index contributed by atoms with van der Waals surface area (Å²) in [5.41, 5.74) is 4.49. The second-order valence-corrected chi connectivity index (χ2v) is 5.47. The molecule has 6 nitrogen and oxygen atoms in total. The fourth-order valence-electron chi connectivity index (χ4n) is 2.44. The third-order valence-electron chi connectivity index (χ3n) is 3.53. The van der Waals surface area contributed by atoms with Crippen LogP contribution in [-0.2, 0) is 4.79 Å². The number of nitrogens with zero attached hydrogens (tertiary/aromatic N) is 2. The normalized spacial score (nSPS) is 10.7. The number of esters is 1. The van der Waals surface area contributed by atoms with Gasteiger partial charge in [-0.25, -0.2) is 5.43 Å². The molecule has 3 rings (SSSR count). The molecule has 1 amide bonds. The van der Waals surface area contributed by atoms with Crippen LogP contribution in [0.3, 0.4) is 0 Å². The molecule has 0 saturated carbocycles. The molecule has 0 saturated heterocycles. The van der Waals surface area contributed by atoms with E-state index in [1.54, 1.807) is 36.4 Å². The van der Waals surface area contributed by atoms with Crippen molar-refractivity contribution in [2.75, 3.05) is 0 Å². The number of nitrogens with one attached hydrogen (secondary N) is 1. The van der Waals surface area contributed by atoms with Gasteiger partial charge in [0.1, 0.15) is 5.75 Å². The maximum atomic E-state index is 12.5. The van der Waals surface area contributed by atoms with Crippen LogP contribution in [0.2, 0.25) is 0 Å². The maximum absolute atomic E-state index is 12.5. The van der Waals surface area contributed by atoms with Gasteiger partial charge in [-0.3, -0.25) is 9.59 Å². The first-order valence-electron chi connectivity index (χ1n) is 7.98. The highest BCUT2D eigenvalue weighted by molar-refractivity contribution is 5.98. The van der Waals surface area contributed by atoms with Crippen molar-refractivity contribution in [2.45, 2.75) is 6.92 Å². The number of aromatic nitrogens is 1. The van der Waals surface area contributed by atoms with Crippen LogP contribution >= 0.6 is 0 Å². The summed E-state index contributed by atoms with van der Waals surface area (Å²) in [6.45, 7) is 1.34. The van der Waals surface area contributed by atoms with Crippen LogP contribution in [-0.4, -0.2) is 22.7 Å². The molecule has 26 heavy (non-hydrogen) atoms. The van der Waals surface area contributed by atoms with Crippen LogP contribution in [0.1, 0.15) is 22.8 Å². The highest BCUT2D eigenvalue weighted by atomic mass is 16.5. The van der Waals surface area contributed by atoms with Crippen molar-refractivity contribution in [3.05, 3.63) is 84.2 Å². The molecule has 130 valence electrons. The van der Waals surface area contributed by atoms with E-state index in [9.17, 15) is 9.59 Å². The molecule has 0 fully saturated rings. The largest absolute Gasteiger partial charge is 0.427 e. The Balaban J connectivity index is 1.72. The smallest absolute Gasteiger partial charge is 0.308 e. The molecule has 0 aliphatic heterocycles. The van der Waals surface area contributed by atoms with Crippen LogP contribution in [0.5, 0.6) is 5.75 Å². The lowest BCUT2D eigenvalue weighted by atomic mass is 10.1. The van der Waals surface area contributed by atoms with Crippen molar-refractivity contribution in [1.29, 1.82) is 0 Å². The van der Waals surface area contributed by atoms with Crippen molar-refractivity contribution in [3.8, 4) is 11.4 Å². The Labute approximate surface area is 150 Å². The lowest BCUT2D eigenvalue weighted by molar-refractivity contribution is -0.131. The molecule has 0 unspecified atom stereocenters. The minimum absolute atomic E-state index is 0.318. The Hall–Kier alpha value is -3.67. The van der Waals surface area contributed by atoms with Crippen LogP contribution in [0.15, 0.2) is 78.2 Å². The molecule has 0 atom stereocenters. The number of amides is 1. The summed E-state index contributed by atoms with van der Waals surface area (Å²) in [6, 6.07) is 17.9. The molecular formula is C20H17N3O3. The fraction of sp³-hybridized carbons (Fsp3) is 0.0500. The van der Waals surface area contributed by atoms with Crippen molar-refractivity contribution in [1.82, 2.24) is 9.99 Å². The van der Waals surface area contributed by atoms with E-state index in [0.717, 1.165) is 5.69 Å². The number of hydrogen-bond acceptors (Lipinski definition) is 4. The van der Waals surface area contributed by atoms with E-state index in [1.165, 1.54) is 13.1 Å². The Bertz CT molecular complexity index is 946. The van der Waals surface area contributed by atoms with Crippen LogP contribution in [0, 0.1) is 0 Å². The molecule has 0 radical (unpaired) electrons. The Morgan fingerprint density at radius 1 is 1.04 bits per heavy atom. The highest BCUT2D eigenvalue weighted by Gasteiger charge is 2.10. The first-order valence-corrected chi connectivity index (χ1v) is 7.98. The summed E-state index contributed by atoms with van der Waals surface area (Å²) in [5, 5.41) is 3.99. The van der Waals surface area contributed by atoms with Gasteiger partial charge in [0.2, 0.25) is 0 Å². The van der Waals surface area contributed by atoms with Gasteiger partial charge in [-0.2, -0.15) is 5.10 Å². The molecule has 1 aromatic heterocycles. The molecule has 2 aromatic carbocycles. The quantitative estimate of drug-likeness (QED) is 0.333. The van der Waals surface area contributed by atoms with Gasteiger partial charge in [0.15, 0.2) is 0 Å². The second kappa shape index (κ2) is 7.94. The summed E-state index contributed by atoms with van der Waals surface area (Å²) in [6.07, 6.45) is 5.23. The van der Waals surface area contributed by atoms with E-state index in [4.69, 9.17) is 4.74 Å². The van der Waals surface area contributed by atoms with Gasteiger partial charge in [0.25, 0.3) is 5.91 Å². The monoisotopic (exact) mass is 347 g/mol. The molecule has 0 aliphatic rings. The maximum Gasteiger partial charge on any atom is 0.308 e. The van der Waals surface area contributed by atoms with E-state index in [1.807, 2.05) is 41.2 Å². The standard InChI is InChI=1S/C20H17N3O3/c1-15(24)26-17-8-6-7-16(13-17)14-21-22-20(25)18-9-2-3-10-19(18)23-11-4-5-12-23/h2-14H,1H3,(H,22,25)/b21-14-. The summed E-state index contributed by atoms with van der Waals surface area (Å²) in [7, 11) is 0. The van der Waals surface area contributed by atoms with Crippen molar-refractivity contribution in [2.24, 2.45) is 5.10 Å². The Morgan fingerprint density at radius 2 is 1.81 bits per heavy atom. The number of carbonyl (C=O) groups excluding carboxylic acids is 2. The average molecular weight is 347 g/mol. The van der Waals surface area contributed by atoms with E-state index in [0.29, 0.717) is 16.9 Å². The van der Waals surface area contributed by atoms with E-state index >= 15 is 0 Å². The fourth-order valence-corrected chi connectivity index (χ4v) is 2.44. The van der Waals surface area contributed by atoms with Gasteiger partial charge < -0.3 is 9.30 Å². The van der Waals surface area contributed by atoms with E-state index in [-0.39, 0.29) is 5.91 Å². The lowest BCUT2D eigenvalue weighted by Gasteiger charge is -2.09. The van der Waals surface area contributed by atoms with Crippen LogP contribution in [0.4, 0.5) is 0 Å². The van der Waals surface area contributed by atoms with Gasteiger partial charge in [-0.15, -0.1) is 0 Å². The van der Waals surface area contributed by atoms with Gasteiger partial charge in [0.05, 0.1) is 17.5 Å². The Kier molecular flexibility index (Phi) is 5.24. The number of ether oxygens (including phenoxy) is 1. The molecule has 0 aliphatic carbocycles. The lowest BCUT2D eigenvalue weighted by Crippen LogP contribution is -2.19. The summed E-state index contributed by atoms with van der Waals surface area (Å²) in [4.78, 5) is 23.5. The Morgan fingerprint density at radius 3 is 2.58 bits per heavy atom. The minimum Gasteiger partial charge on any atom is -0.427 e. The number of hydrazone groups is 1. The minimum atomic E-state index is -0.394. The summed E-state index contributed by atoms with van der Waals surface area (Å²) >= 11 is 0. The zero-order chi connectivity index (χ0) is 18.4. The third kappa shape index (κ3) is 4.24. The average Bonchev–Trinajstić information content (AvgIpc) is 3.16. The number of carbonyl (C=O) groups is 2. The molecule has 3 aromatic rings. The van der Waals surface area contributed by atoms with Gasteiger partial charge in [0, 0.05) is 19.3 Å². The molecule has 6 heteroatoms. The molecule has 0 bridgehead atoms. The molecular weight excluding hydrogens is 330 g/mol. The topological polar surface area (TPSA) is 72.7 Å². The predicted octanol–water partition coefficient (Wildman–Crippen LogP) is 3.17. The van der Waals surface area contributed by atoms with Crippen molar-refractivity contribution < 1.29 is 14.3 Å². The van der Waals surface area contributed by atoms with E-state index in [2.05, 4.69) is 10.5 Å². The molecule has 1 heterocycles. The predicted molar refractivity (Wildman–Crippen MR) is 98.6 cm³/mol. The summed E-state index contributed by atoms with van der Waals surface area (Å²) in [5.74, 6) is -0.290. The number of hydrogen-bond donors (Lipinski definition) is 1. The zero-order valence-electron chi connectivity index (χ0n) is 14.1. The summed E-state index contributed by atoms with van der Waals surface area (Å²) < 4.78 is 6.88. The first-order chi connectivity index (χ1) is 12.6. The van der Waals surface area contributed by atoms with Crippen molar-refractivity contribution >= 4 is 18.1 Å². The first kappa shape index (κ1) is 17.2. The SMILES string of the molecule is CC(=O)Oc1cccc(/C=N\NC(=O)c2ccccc2-n2cccc2)c1. The third-order valence-corrected chi connectivity index (χ3v) is 3.53. The van der Waals surface area contributed by atoms with Crippen LogP contribution < -0.4 is 10.2 Å². The number of benzene rings is 2. The molecule has 0 spiro atoms. The van der Waals surface area contributed by atoms with E-state index < -0.39 is 5.97 Å². The van der Waals surface area contributed by atoms with Gasteiger partial charge in [-0.05, 0) is 42.0 Å². The second-order valence-electron chi connectivity index (χ2n) is 5.47. The van der Waals surface area contributed by atoms with Crippen LogP contribution in [0.25, 0.3) is 5.69 Å². The number of rotatable bonds is 5. The molecule has 1 N–H and O–H groups in total. The van der Waals surface area contributed by atoms with Gasteiger partial charge >= 0.3 is 5.97 Å². The number of para-hydroxylation sites is 1. The van der Waals surface area contributed by atoms with Gasteiger partial charge in [-0.1, -0.05) is 24.3 Å². The zero-order valence-corrected chi connectivity index (χ0v) is 14.1. The highest BCUT2D eigenvalue weighted by Crippen LogP contribution is 2.15. The van der Waals surface area contributed by atoms with Crippen molar-refractivity contribution in [3.63, 3.8) is 0 Å².